The molecule has 43 heavy (non-hydrogen) atoms. The normalized spacial score (nSPS) is 14.0. The second-order valence-electron chi connectivity index (χ2n) is 10.7. The maximum Gasteiger partial charge on any atom is 0.136 e. The molecular weight excluding hydrogens is 520 g/mol. The second kappa shape index (κ2) is 9.44. The monoisotopic (exact) mass is 553 g/mol. The molecule has 1 nitrogen and oxygen atoms in total. The van der Waals surface area contributed by atoms with E-state index in [2.05, 4.69) is 48.5 Å². The molecule has 1 aromatic heterocycles. The first kappa shape index (κ1) is 18.0. The molecule has 0 spiro atoms. The molecule has 1 heterocycles. The molecule has 0 unspecified atom stereocenters. The minimum absolute atomic E-state index is 0.0137. The van der Waals surface area contributed by atoms with Crippen molar-refractivity contribution < 1.29 is 14.0 Å². The molecule has 9 rings (SSSR count). The number of hydrogen-bond acceptors (Lipinski definition) is 1. The van der Waals surface area contributed by atoms with Gasteiger partial charge in [0.2, 0.25) is 0 Å². The van der Waals surface area contributed by atoms with Gasteiger partial charge in [-0.1, -0.05) is 127 Å². The fraction of sp³-hybridized carbons (Fsp3) is 0. The van der Waals surface area contributed by atoms with Crippen molar-refractivity contribution in [1.29, 1.82) is 0 Å². The van der Waals surface area contributed by atoms with Crippen molar-refractivity contribution >= 4 is 54.3 Å². The number of fused-ring (bicyclic) bond motifs is 6. The Morgan fingerprint density at radius 2 is 1.02 bits per heavy atom. The zero-order valence-corrected chi connectivity index (χ0v) is 22.9. The van der Waals surface area contributed by atoms with Crippen molar-refractivity contribution in [3.8, 4) is 33.4 Å². The molecule has 0 atom stereocenters. The summed E-state index contributed by atoms with van der Waals surface area (Å²) in [6.45, 7) is 0. The van der Waals surface area contributed by atoms with Crippen molar-refractivity contribution in [3.63, 3.8) is 0 Å². The Morgan fingerprint density at radius 3 is 1.77 bits per heavy atom. The van der Waals surface area contributed by atoms with Gasteiger partial charge in [-0.25, -0.2) is 0 Å². The van der Waals surface area contributed by atoms with E-state index < -0.39 is 12.1 Å². The van der Waals surface area contributed by atoms with Gasteiger partial charge in [0.05, 0.1) is 9.60 Å². The third-order valence-corrected chi connectivity index (χ3v) is 8.31. The van der Waals surface area contributed by atoms with Crippen LogP contribution in [-0.2, 0) is 0 Å². The predicted molar refractivity (Wildman–Crippen MR) is 183 cm³/mol. The van der Waals surface area contributed by atoms with Gasteiger partial charge in [0.1, 0.15) is 11.2 Å². The summed E-state index contributed by atoms with van der Waals surface area (Å²) in [7, 11) is 0. The van der Waals surface area contributed by atoms with Crippen molar-refractivity contribution in [2.75, 3.05) is 0 Å². The van der Waals surface area contributed by atoms with E-state index in [1.54, 1.807) is 0 Å². The minimum atomic E-state index is -0.456. The Kier molecular flexibility index (Phi) is 3.95. The van der Waals surface area contributed by atoms with E-state index in [1.807, 2.05) is 66.7 Å². The zero-order chi connectivity index (χ0) is 34.4. The first-order valence-corrected chi connectivity index (χ1v) is 14.2. The van der Waals surface area contributed by atoms with E-state index >= 15 is 0 Å². The van der Waals surface area contributed by atoms with Gasteiger partial charge >= 0.3 is 0 Å². The van der Waals surface area contributed by atoms with Crippen molar-refractivity contribution in [1.82, 2.24) is 0 Å². The summed E-state index contributed by atoms with van der Waals surface area (Å²) >= 11 is 0. The number of hydrogen-bond donors (Lipinski definition) is 0. The van der Waals surface area contributed by atoms with Crippen LogP contribution >= 0.6 is 0 Å². The lowest BCUT2D eigenvalue weighted by Crippen LogP contribution is -1.92. The Hall–Kier alpha value is -5.66. The van der Waals surface area contributed by atoms with E-state index in [1.165, 1.54) is 0 Å². The van der Waals surface area contributed by atoms with Crippen LogP contribution in [0.4, 0.5) is 0 Å². The summed E-state index contributed by atoms with van der Waals surface area (Å²) in [6, 6.07) is 36.7. The Morgan fingerprint density at radius 1 is 0.419 bits per heavy atom. The molecule has 0 saturated heterocycles. The number of rotatable bonds is 3. The van der Waals surface area contributed by atoms with Crippen LogP contribution in [0.1, 0.15) is 9.60 Å². The van der Waals surface area contributed by atoms with E-state index in [9.17, 15) is 4.11 Å². The van der Waals surface area contributed by atoms with Crippen LogP contribution < -0.4 is 0 Å². The average Bonchev–Trinajstić information content (AvgIpc) is 3.57. The van der Waals surface area contributed by atoms with Gasteiger partial charge in [-0.3, -0.25) is 0 Å². The Labute approximate surface area is 259 Å². The number of furan rings is 1. The molecule has 0 aliphatic rings. The van der Waals surface area contributed by atoms with Gasteiger partial charge in [0.25, 0.3) is 0 Å². The average molecular weight is 554 g/mol. The molecule has 0 radical (unpaired) electrons. The molecule has 0 N–H and O–H groups in total. The first-order valence-electron chi connectivity index (χ1n) is 17.7. The highest BCUT2D eigenvalue weighted by Crippen LogP contribution is 2.47. The highest BCUT2D eigenvalue weighted by Gasteiger charge is 2.19. The molecule has 200 valence electrons. The van der Waals surface area contributed by atoms with Gasteiger partial charge < -0.3 is 4.42 Å². The zero-order valence-electron chi connectivity index (χ0n) is 29.9. The minimum Gasteiger partial charge on any atom is -0.456 e. The van der Waals surface area contributed by atoms with Crippen LogP contribution in [0.3, 0.4) is 0 Å². The van der Waals surface area contributed by atoms with Crippen LogP contribution in [0.15, 0.2) is 162 Å². The van der Waals surface area contributed by atoms with Gasteiger partial charge in [-0.05, 0) is 96.0 Å². The maximum absolute atomic E-state index is 9.48. The van der Waals surface area contributed by atoms with Crippen LogP contribution in [0.5, 0.6) is 0 Å². The molecule has 9 aromatic rings. The number of benzene rings is 8. The van der Waals surface area contributed by atoms with Gasteiger partial charge in [0.15, 0.2) is 0 Å². The number of para-hydroxylation sites is 1. The van der Waals surface area contributed by atoms with Gasteiger partial charge in [-0.2, -0.15) is 0 Å². The SMILES string of the molecule is [2H]c1c([2H])c([2H])c2c(oc3c([2H])c(-c4c5ccccc5c(-c5cc(-c6ccccc6)cc6ccccc56)c5ccccc45)c([2H])c([2H])c32)c1[2H]. The molecule has 0 aliphatic carbocycles. The summed E-state index contributed by atoms with van der Waals surface area (Å²) in [5, 5.41) is 5.70. The summed E-state index contributed by atoms with van der Waals surface area (Å²) < 4.78 is 67.5. The van der Waals surface area contributed by atoms with Crippen molar-refractivity contribution in [2.45, 2.75) is 0 Å². The Bertz CT molecular complexity index is 2840. The standard InChI is InChI=1S/C42H26O/c1-2-12-27(13-3-1)30-24-28-14-4-5-15-31(28)38(25-30)42-36-19-8-6-17-34(36)41(35-18-7-9-20-37(35)42)29-22-23-33-32-16-10-11-21-39(32)43-40(33)26-29/h1-26H/i10D,11D,16D,21D,22D,23D,26D. The van der Waals surface area contributed by atoms with Crippen LogP contribution in [0, 0.1) is 0 Å². The maximum atomic E-state index is 9.48. The molecular formula is C42H26O. The molecule has 0 aliphatic heterocycles. The van der Waals surface area contributed by atoms with Crippen molar-refractivity contribution in [3.05, 3.63) is 158 Å². The van der Waals surface area contributed by atoms with Crippen LogP contribution in [-0.4, -0.2) is 0 Å². The van der Waals surface area contributed by atoms with E-state index in [0.717, 1.165) is 54.6 Å². The predicted octanol–water partition coefficient (Wildman–Crippen LogP) is 12.0. The lowest BCUT2D eigenvalue weighted by Gasteiger charge is -2.19. The van der Waals surface area contributed by atoms with Crippen LogP contribution in [0.2, 0.25) is 0 Å². The second-order valence-corrected chi connectivity index (χ2v) is 10.7. The quantitative estimate of drug-likeness (QED) is 0.198. The van der Waals surface area contributed by atoms with Gasteiger partial charge in [0, 0.05) is 10.8 Å². The van der Waals surface area contributed by atoms with E-state index in [-0.39, 0.29) is 57.7 Å². The van der Waals surface area contributed by atoms with Crippen molar-refractivity contribution in [2.24, 2.45) is 0 Å². The van der Waals surface area contributed by atoms with Gasteiger partial charge in [-0.15, -0.1) is 0 Å². The third kappa shape index (κ3) is 3.72. The lowest BCUT2D eigenvalue weighted by atomic mass is 9.83. The molecule has 0 saturated carbocycles. The van der Waals surface area contributed by atoms with E-state index in [0.29, 0.717) is 5.56 Å². The van der Waals surface area contributed by atoms with E-state index in [4.69, 9.17) is 9.90 Å². The summed E-state index contributed by atoms with van der Waals surface area (Å²) in [4.78, 5) is 0. The highest BCUT2D eigenvalue weighted by atomic mass is 16.3. The molecule has 0 amide bonds. The molecule has 0 bridgehead atoms. The fourth-order valence-electron chi connectivity index (χ4n) is 6.42. The first-order chi connectivity index (χ1) is 24.3. The van der Waals surface area contributed by atoms with Crippen LogP contribution in [0.25, 0.3) is 87.6 Å². The molecule has 8 aromatic carbocycles. The Balaban J connectivity index is 1.43. The molecule has 0 fully saturated rings. The lowest BCUT2D eigenvalue weighted by molar-refractivity contribution is 0.669. The largest absolute Gasteiger partial charge is 0.456 e. The topological polar surface area (TPSA) is 13.1 Å². The summed E-state index contributed by atoms with van der Waals surface area (Å²) in [6.07, 6.45) is 0. The smallest absolute Gasteiger partial charge is 0.136 e. The molecule has 1 heteroatoms. The highest BCUT2D eigenvalue weighted by molar-refractivity contribution is 6.24. The summed E-state index contributed by atoms with van der Waals surface area (Å²) in [5.74, 6) is 0. The third-order valence-electron chi connectivity index (χ3n) is 8.31. The summed E-state index contributed by atoms with van der Waals surface area (Å²) in [5.41, 5.74) is 4.92. The fourth-order valence-corrected chi connectivity index (χ4v) is 6.42.